The summed E-state index contributed by atoms with van der Waals surface area (Å²) in [6.45, 7) is 6.81. The van der Waals surface area contributed by atoms with E-state index in [1.54, 1.807) is 18.2 Å². The minimum atomic E-state index is 0.00856. The van der Waals surface area contributed by atoms with E-state index in [4.69, 9.17) is 23.2 Å². The molecule has 4 heteroatoms. The molecular weight excluding hydrogens is 257 g/mol. The van der Waals surface area contributed by atoms with E-state index in [2.05, 4.69) is 26.1 Å². The molecule has 1 aromatic carbocycles. The number of carbonyl (C=O) groups excluding carboxylic acids is 1. The van der Waals surface area contributed by atoms with E-state index < -0.39 is 0 Å². The fraction of sp³-hybridized carbons (Fsp3) is 0.462. The highest BCUT2D eigenvalue weighted by molar-refractivity contribution is 6.43. The zero-order valence-electron chi connectivity index (χ0n) is 10.3. The molecule has 0 bridgehead atoms. The van der Waals surface area contributed by atoms with Crippen LogP contribution in [0.25, 0.3) is 0 Å². The SMILES string of the molecule is CC(C)(C)NCCC(=O)c1cccc(Cl)c1Cl. The number of hydrogen-bond donors (Lipinski definition) is 1. The van der Waals surface area contributed by atoms with Crippen LogP contribution in [0.5, 0.6) is 0 Å². The Labute approximate surface area is 112 Å². The average molecular weight is 274 g/mol. The molecule has 1 aromatic rings. The van der Waals surface area contributed by atoms with E-state index in [1.807, 2.05) is 0 Å². The minimum absolute atomic E-state index is 0.00856. The van der Waals surface area contributed by atoms with E-state index in [0.717, 1.165) is 0 Å². The van der Waals surface area contributed by atoms with Gasteiger partial charge in [0.15, 0.2) is 5.78 Å². The molecule has 0 spiro atoms. The van der Waals surface area contributed by atoms with Crippen LogP contribution in [0.4, 0.5) is 0 Å². The van der Waals surface area contributed by atoms with Crippen LogP contribution in [0.3, 0.4) is 0 Å². The molecule has 0 unspecified atom stereocenters. The number of benzene rings is 1. The zero-order chi connectivity index (χ0) is 13.1. The predicted octanol–water partition coefficient (Wildman–Crippen LogP) is 3.95. The smallest absolute Gasteiger partial charge is 0.165 e. The molecule has 0 aliphatic heterocycles. The van der Waals surface area contributed by atoms with Crippen molar-refractivity contribution in [2.24, 2.45) is 0 Å². The predicted molar refractivity (Wildman–Crippen MR) is 73.2 cm³/mol. The summed E-state index contributed by atoms with van der Waals surface area (Å²) in [5, 5.41) is 4.02. The fourth-order valence-electron chi connectivity index (χ4n) is 1.40. The zero-order valence-corrected chi connectivity index (χ0v) is 11.8. The Kier molecular flexibility index (Phi) is 4.99. The lowest BCUT2D eigenvalue weighted by molar-refractivity contribution is 0.0981. The van der Waals surface area contributed by atoms with Crippen LogP contribution in [-0.2, 0) is 0 Å². The summed E-state index contributed by atoms with van der Waals surface area (Å²) < 4.78 is 0. The molecule has 17 heavy (non-hydrogen) atoms. The molecule has 0 heterocycles. The topological polar surface area (TPSA) is 29.1 Å². The van der Waals surface area contributed by atoms with Gasteiger partial charge in [-0.15, -0.1) is 0 Å². The number of carbonyl (C=O) groups is 1. The number of ketones is 1. The molecule has 1 rings (SSSR count). The van der Waals surface area contributed by atoms with Gasteiger partial charge < -0.3 is 5.32 Å². The third kappa shape index (κ3) is 4.66. The van der Waals surface area contributed by atoms with Crippen LogP contribution in [0.1, 0.15) is 37.6 Å². The molecule has 0 fully saturated rings. The maximum absolute atomic E-state index is 11.9. The number of halogens is 2. The highest BCUT2D eigenvalue weighted by atomic mass is 35.5. The lowest BCUT2D eigenvalue weighted by Gasteiger charge is -2.20. The van der Waals surface area contributed by atoms with Gasteiger partial charge >= 0.3 is 0 Å². The highest BCUT2D eigenvalue weighted by Gasteiger charge is 2.14. The molecular formula is C13H17Cl2NO. The maximum atomic E-state index is 11.9. The molecule has 2 nitrogen and oxygen atoms in total. The molecule has 0 saturated carbocycles. The molecule has 1 N–H and O–H groups in total. The molecule has 0 radical (unpaired) electrons. The first-order valence-electron chi connectivity index (χ1n) is 5.53. The number of hydrogen-bond acceptors (Lipinski definition) is 2. The first-order chi connectivity index (χ1) is 7.81. The Bertz CT molecular complexity index is 410. The highest BCUT2D eigenvalue weighted by Crippen LogP contribution is 2.26. The summed E-state index contributed by atoms with van der Waals surface area (Å²) in [6.07, 6.45) is 0.414. The summed E-state index contributed by atoms with van der Waals surface area (Å²) in [6, 6.07) is 5.11. The Morgan fingerprint density at radius 1 is 1.29 bits per heavy atom. The third-order valence-electron chi connectivity index (χ3n) is 2.26. The van der Waals surface area contributed by atoms with E-state index in [9.17, 15) is 4.79 Å². The van der Waals surface area contributed by atoms with Gasteiger partial charge in [0.05, 0.1) is 10.0 Å². The third-order valence-corrected chi connectivity index (χ3v) is 3.08. The van der Waals surface area contributed by atoms with Crippen molar-refractivity contribution in [3.8, 4) is 0 Å². The van der Waals surface area contributed by atoms with Crippen LogP contribution in [0, 0.1) is 0 Å². The van der Waals surface area contributed by atoms with Crippen molar-refractivity contribution in [3.63, 3.8) is 0 Å². The van der Waals surface area contributed by atoms with Crippen molar-refractivity contribution in [2.45, 2.75) is 32.7 Å². The van der Waals surface area contributed by atoms with Crippen LogP contribution < -0.4 is 5.32 Å². The Morgan fingerprint density at radius 3 is 2.53 bits per heavy atom. The summed E-state index contributed by atoms with van der Waals surface area (Å²) in [5.74, 6) is 0.00856. The molecule has 0 aromatic heterocycles. The Balaban J connectivity index is 2.62. The van der Waals surface area contributed by atoms with Gasteiger partial charge in [0.1, 0.15) is 0 Å². The lowest BCUT2D eigenvalue weighted by Crippen LogP contribution is -2.37. The number of nitrogens with one attached hydrogen (secondary N) is 1. The van der Waals surface area contributed by atoms with Crippen molar-refractivity contribution in [2.75, 3.05) is 6.54 Å². The van der Waals surface area contributed by atoms with Gasteiger partial charge in [-0.3, -0.25) is 4.79 Å². The number of Topliss-reactive ketones (excluding diaryl/α,β-unsaturated/α-hetero) is 1. The van der Waals surface area contributed by atoms with Crippen LogP contribution in [0.2, 0.25) is 10.0 Å². The van der Waals surface area contributed by atoms with Crippen molar-refractivity contribution >= 4 is 29.0 Å². The molecule has 0 aliphatic rings. The van der Waals surface area contributed by atoms with Gasteiger partial charge in [0, 0.05) is 24.1 Å². The number of rotatable bonds is 4. The monoisotopic (exact) mass is 273 g/mol. The molecule has 0 atom stereocenters. The first-order valence-corrected chi connectivity index (χ1v) is 6.29. The van der Waals surface area contributed by atoms with E-state index in [1.165, 1.54) is 0 Å². The van der Waals surface area contributed by atoms with Crippen molar-refractivity contribution in [1.29, 1.82) is 0 Å². The van der Waals surface area contributed by atoms with Gasteiger partial charge in [-0.05, 0) is 32.9 Å². The maximum Gasteiger partial charge on any atom is 0.165 e. The van der Waals surface area contributed by atoms with Crippen molar-refractivity contribution < 1.29 is 4.79 Å². The summed E-state index contributed by atoms with van der Waals surface area (Å²) in [5.41, 5.74) is 0.508. The van der Waals surface area contributed by atoms with Gasteiger partial charge in [-0.25, -0.2) is 0 Å². The van der Waals surface area contributed by atoms with Gasteiger partial charge in [0.25, 0.3) is 0 Å². The molecule has 94 valence electrons. The molecule has 0 saturated heterocycles. The van der Waals surface area contributed by atoms with E-state index in [-0.39, 0.29) is 11.3 Å². The average Bonchev–Trinajstić information content (AvgIpc) is 2.20. The second-order valence-electron chi connectivity index (χ2n) is 4.95. The van der Waals surface area contributed by atoms with Gasteiger partial charge in [-0.1, -0.05) is 29.3 Å². The minimum Gasteiger partial charge on any atom is -0.312 e. The van der Waals surface area contributed by atoms with E-state index in [0.29, 0.717) is 28.6 Å². The second kappa shape index (κ2) is 5.85. The van der Waals surface area contributed by atoms with Gasteiger partial charge in [-0.2, -0.15) is 0 Å². The quantitative estimate of drug-likeness (QED) is 0.842. The Hall–Kier alpha value is -0.570. The lowest BCUT2D eigenvalue weighted by atomic mass is 10.1. The van der Waals surface area contributed by atoms with E-state index >= 15 is 0 Å². The van der Waals surface area contributed by atoms with Crippen molar-refractivity contribution in [1.82, 2.24) is 5.32 Å². The molecule has 0 amide bonds. The fourth-order valence-corrected chi connectivity index (χ4v) is 1.81. The van der Waals surface area contributed by atoms with Gasteiger partial charge in [0.2, 0.25) is 0 Å². The summed E-state index contributed by atoms with van der Waals surface area (Å²) in [7, 11) is 0. The van der Waals surface area contributed by atoms with Crippen LogP contribution in [0.15, 0.2) is 18.2 Å². The standard InChI is InChI=1S/C13H17Cl2NO/c1-13(2,3)16-8-7-11(17)9-5-4-6-10(14)12(9)15/h4-6,16H,7-8H2,1-3H3. The largest absolute Gasteiger partial charge is 0.312 e. The van der Waals surface area contributed by atoms with Crippen LogP contribution >= 0.6 is 23.2 Å². The normalized spacial score (nSPS) is 11.6. The Morgan fingerprint density at radius 2 is 1.94 bits per heavy atom. The summed E-state index contributed by atoms with van der Waals surface area (Å²) in [4.78, 5) is 11.9. The second-order valence-corrected chi connectivity index (χ2v) is 5.74. The summed E-state index contributed by atoms with van der Waals surface area (Å²) >= 11 is 11.8. The molecule has 0 aliphatic carbocycles. The van der Waals surface area contributed by atoms with Crippen LogP contribution in [-0.4, -0.2) is 17.9 Å². The first kappa shape index (κ1) is 14.5. The van der Waals surface area contributed by atoms with Crippen molar-refractivity contribution in [3.05, 3.63) is 33.8 Å².